The Morgan fingerprint density at radius 1 is 1.05 bits per heavy atom. The van der Waals surface area contributed by atoms with Crippen molar-refractivity contribution in [3.05, 3.63) is 49.6 Å². The SMILES string of the molecule is Cc1cc(S(F)(F)(F)(F)F)cc2c1O[C@@](C(C)OC(=O)OC(CO[N+](=O)[O-])CO[N+](=O)[O-])(C(F)(F)F)C=C2. The zero-order chi connectivity index (χ0) is 29.4. The fraction of sp³-hybridized carbons (Fsp3) is 0.471. The number of aryl methyl sites for hydroxylation is 1. The van der Waals surface area contributed by atoms with Crippen molar-refractivity contribution in [2.75, 3.05) is 13.2 Å². The molecule has 2 atom stereocenters. The molecule has 12 nitrogen and oxygen atoms in total. The standard InChI is InChI=1S/C17H16F8N2O10S/c1-9-5-13(38(21,22,23,24)25)6-11-3-4-16(17(18,19)20,37-14(9)11)10(2)35-15(28)36-12(7-33-26(29)30)8-34-27(31)32/h3-6,10,12H,7-8H2,1-2H3/t10?,16-/m0/s1. The Hall–Kier alpha value is -3.78. The molecule has 0 aromatic heterocycles. The van der Waals surface area contributed by atoms with Gasteiger partial charge in [-0.1, -0.05) is 25.5 Å². The third kappa shape index (κ3) is 7.16. The van der Waals surface area contributed by atoms with Crippen LogP contribution in [0.25, 0.3) is 6.08 Å². The number of halogens is 8. The van der Waals surface area contributed by atoms with Crippen LogP contribution in [0.2, 0.25) is 0 Å². The molecule has 0 aliphatic carbocycles. The molecule has 0 bridgehead atoms. The van der Waals surface area contributed by atoms with Crippen molar-refractivity contribution < 1.29 is 71.5 Å². The van der Waals surface area contributed by atoms with E-state index in [9.17, 15) is 57.6 Å². The summed E-state index contributed by atoms with van der Waals surface area (Å²) in [6, 6.07) is -0.203. The molecule has 0 saturated carbocycles. The predicted molar refractivity (Wildman–Crippen MR) is 108 cm³/mol. The van der Waals surface area contributed by atoms with Crippen molar-refractivity contribution in [3.8, 4) is 5.75 Å². The number of ether oxygens (including phenoxy) is 3. The van der Waals surface area contributed by atoms with Gasteiger partial charge in [-0.05, 0) is 37.6 Å². The van der Waals surface area contributed by atoms with E-state index in [1.54, 1.807) is 0 Å². The lowest BCUT2D eigenvalue weighted by Crippen LogP contribution is -2.58. The fourth-order valence-electron chi connectivity index (χ4n) is 3.07. The van der Waals surface area contributed by atoms with Gasteiger partial charge < -0.3 is 23.9 Å². The number of carbonyl (C=O) groups excluding carboxylic acids is 1. The van der Waals surface area contributed by atoms with Gasteiger partial charge in [-0.15, -0.1) is 20.2 Å². The topological polar surface area (TPSA) is 150 Å². The molecule has 0 spiro atoms. The van der Waals surface area contributed by atoms with Crippen LogP contribution in [0.4, 0.5) is 37.4 Å². The van der Waals surface area contributed by atoms with Crippen LogP contribution in [0, 0.1) is 27.2 Å². The van der Waals surface area contributed by atoms with E-state index in [1.807, 2.05) is 0 Å². The molecule has 1 unspecified atom stereocenters. The summed E-state index contributed by atoms with van der Waals surface area (Å²) in [7, 11) is -10.2. The van der Waals surface area contributed by atoms with E-state index in [4.69, 9.17) is 4.74 Å². The van der Waals surface area contributed by atoms with Gasteiger partial charge in [0.05, 0.1) is 0 Å². The molecule has 1 aliphatic heterocycles. The molecule has 0 radical (unpaired) electrons. The normalized spacial score (nSPS) is 19.8. The van der Waals surface area contributed by atoms with Gasteiger partial charge in [0.25, 0.3) is 15.8 Å². The molecule has 0 fully saturated rings. The van der Waals surface area contributed by atoms with Crippen molar-refractivity contribution in [1.82, 2.24) is 0 Å². The van der Waals surface area contributed by atoms with E-state index in [2.05, 4.69) is 19.1 Å². The van der Waals surface area contributed by atoms with E-state index >= 15 is 0 Å². The Morgan fingerprint density at radius 3 is 2.03 bits per heavy atom. The minimum Gasteiger partial charge on any atom is -0.469 e. The van der Waals surface area contributed by atoms with Gasteiger partial charge in [0.15, 0.2) is 12.2 Å². The number of fused-ring (bicyclic) bond motifs is 1. The number of alkyl halides is 3. The molecule has 38 heavy (non-hydrogen) atoms. The molecular formula is C17H16F8N2O10S. The van der Waals surface area contributed by atoms with Crippen LogP contribution in [-0.2, 0) is 19.1 Å². The van der Waals surface area contributed by atoms with E-state index in [-0.39, 0.29) is 18.2 Å². The molecule has 0 N–H and O–H groups in total. The maximum atomic E-state index is 14.1. The molecule has 0 saturated heterocycles. The van der Waals surface area contributed by atoms with Gasteiger partial charge in [0.1, 0.15) is 23.9 Å². The first-order valence-corrected chi connectivity index (χ1v) is 11.7. The second-order valence-electron chi connectivity index (χ2n) is 7.64. The zero-order valence-corrected chi connectivity index (χ0v) is 19.6. The lowest BCUT2D eigenvalue weighted by molar-refractivity contribution is -0.768. The monoisotopic (exact) mass is 592 g/mol. The minimum absolute atomic E-state index is 0.101. The Morgan fingerprint density at radius 2 is 1.58 bits per heavy atom. The first-order chi connectivity index (χ1) is 16.9. The highest BCUT2D eigenvalue weighted by atomic mass is 32.5. The summed E-state index contributed by atoms with van der Waals surface area (Å²) in [5, 5.41) is 17.8. The third-order valence-electron chi connectivity index (χ3n) is 4.82. The van der Waals surface area contributed by atoms with Crippen LogP contribution < -0.4 is 4.74 Å². The average Bonchev–Trinajstić information content (AvgIpc) is 2.72. The molecule has 21 heteroatoms. The Kier molecular flexibility index (Phi) is 7.37. The van der Waals surface area contributed by atoms with Crippen molar-refractivity contribution >= 4 is 22.5 Å². The van der Waals surface area contributed by atoms with E-state index in [0.717, 1.165) is 6.92 Å². The summed E-state index contributed by atoms with van der Waals surface area (Å²) < 4.78 is 122. The molecule has 0 amide bonds. The van der Waals surface area contributed by atoms with Crippen LogP contribution in [0.1, 0.15) is 18.1 Å². The minimum atomic E-state index is -10.2. The Labute approximate surface area is 205 Å². The molecule has 1 heterocycles. The van der Waals surface area contributed by atoms with Crippen LogP contribution in [0.5, 0.6) is 5.75 Å². The number of nitrogens with zero attached hydrogens (tertiary/aromatic N) is 2. The van der Waals surface area contributed by atoms with Gasteiger partial charge in [-0.3, -0.25) is 0 Å². The van der Waals surface area contributed by atoms with Gasteiger partial charge in [-0.25, -0.2) is 4.79 Å². The van der Waals surface area contributed by atoms with Crippen molar-refractivity contribution in [2.24, 2.45) is 0 Å². The lowest BCUT2D eigenvalue weighted by Gasteiger charge is -2.43. The highest BCUT2D eigenvalue weighted by Crippen LogP contribution is 3.02. The lowest BCUT2D eigenvalue weighted by atomic mass is 9.91. The van der Waals surface area contributed by atoms with Crippen LogP contribution >= 0.6 is 10.2 Å². The quantitative estimate of drug-likeness (QED) is 0.144. The van der Waals surface area contributed by atoms with Gasteiger partial charge in [0, 0.05) is 5.56 Å². The average molecular weight is 592 g/mol. The highest BCUT2D eigenvalue weighted by Gasteiger charge is 2.66. The molecular weight excluding hydrogens is 576 g/mol. The summed E-state index contributed by atoms with van der Waals surface area (Å²) >= 11 is 0. The summed E-state index contributed by atoms with van der Waals surface area (Å²) in [6.45, 7) is -0.891. The van der Waals surface area contributed by atoms with E-state index < -0.39 is 85.5 Å². The van der Waals surface area contributed by atoms with Gasteiger partial charge in [-0.2, -0.15) is 13.2 Å². The fourth-order valence-corrected chi connectivity index (χ4v) is 3.82. The second-order valence-corrected chi connectivity index (χ2v) is 10.1. The number of hydrogen-bond donors (Lipinski definition) is 0. The number of benzene rings is 1. The van der Waals surface area contributed by atoms with Gasteiger partial charge >= 0.3 is 22.6 Å². The Bertz CT molecular complexity index is 1140. The van der Waals surface area contributed by atoms with E-state index in [1.165, 1.54) is 0 Å². The highest BCUT2D eigenvalue weighted by molar-refractivity contribution is 8.45. The summed E-state index contributed by atoms with van der Waals surface area (Å²) in [5.74, 6) is -0.879. The third-order valence-corrected chi connectivity index (χ3v) is 5.94. The molecule has 1 aliphatic rings. The van der Waals surface area contributed by atoms with Gasteiger partial charge in [0.2, 0.25) is 0 Å². The predicted octanol–water partition coefficient (Wildman–Crippen LogP) is 5.69. The number of carbonyl (C=O) groups is 1. The maximum absolute atomic E-state index is 14.1. The van der Waals surface area contributed by atoms with Crippen LogP contribution in [-0.4, -0.2) is 53.5 Å². The van der Waals surface area contributed by atoms with Crippen molar-refractivity contribution in [3.63, 3.8) is 0 Å². The zero-order valence-electron chi connectivity index (χ0n) is 18.8. The summed E-state index contributed by atoms with van der Waals surface area (Å²) in [4.78, 5) is 38.0. The largest absolute Gasteiger partial charge is 0.509 e. The first-order valence-electron chi connectivity index (χ1n) is 9.71. The van der Waals surface area contributed by atoms with E-state index in [0.29, 0.717) is 13.0 Å². The smallest absolute Gasteiger partial charge is 0.469 e. The Balaban J connectivity index is 2.35. The maximum Gasteiger partial charge on any atom is 0.509 e. The summed E-state index contributed by atoms with van der Waals surface area (Å²) in [6.07, 6.45) is -11.2. The number of rotatable bonds is 10. The second kappa shape index (κ2) is 9.20. The molecule has 1 aromatic carbocycles. The molecule has 2 rings (SSSR count). The summed E-state index contributed by atoms with van der Waals surface area (Å²) in [5.41, 5.74) is -5.12. The molecule has 216 valence electrons. The van der Waals surface area contributed by atoms with Crippen LogP contribution in [0.15, 0.2) is 23.1 Å². The molecule has 1 aromatic rings. The van der Waals surface area contributed by atoms with Crippen molar-refractivity contribution in [1.29, 1.82) is 0 Å². The first kappa shape index (κ1) is 30.4. The van der Waals surface area contributed by atoms with Crippen molar-refractivity contribution in [2.45, 2.75) is 42.7 Å². The number of hydrogen-bond acceptors (Lipinski definition) is 10. The van der Waals surface area contributed by atoms with Crippen LogP contribution in [0.3, 0.4) is 0 Å².